The summed E-state index contributed by atoms with van der Waals surface area (Å²) < 4.78 is 25.9. The summed E-state index contributed by atoms with van der Waals surface area (Å²) >= 11 is 3.34. The Kier molecular flexibility index (Phi) is 7.60. The minimum absolute atomic E-state index is 0.0257. The van der Waals surface area contributed by atoms with Crippen molar-refractivity contribution in [1.82, 2.24) is 0 Å². The Labute approximate surface area is 175 Å². The summed E-state index contributed by atoms with van der Waals surface area (Å²) in [6.07, 6.45) is 0. The fourth-order valence-corrected chi connectivity index (χ4v) is 2.97. The fourth-order valence-electron chi connectivity index (χ4n) is 2.42. The number of ether oxygens (including phenoxy) is 5. The zero-order valence-corrected chi connectivity index (χ0v) is 17.8. The summed E-state index contributed by atoms with van der Waals surface area (Å²) in [7, 11) is 3.84. The topological polar surface area (TPSA) is 97.4 Å². The summed E-state index contributed by atoms with van der Waals surface area (Å²) in [6.45, 7) is 2.23. The molecule has 154 valence electrons. The smallest absolute Gasteiger partial charge is 0.343 e. The molecule has 0 unspecified atom stereocenters. The standard InChI is InChI=1S/C20H19BrO8/c1-5-28-17-15(21)9-13(10-16(17)25-2)20(24)29-14-7-11(18(22)26-3)6-12(8-14)19(23)27-4/h6-10H,5H2,1-4H3. The van der Waals surface area contributed by atoms with Gasteiger partial charge in [-0.25, -0.2) is 14.4 Å². The van der Waals surface area contributed by atoms with Gasteiger partial charge in [-0.15, -0.1) is 0 Å². The Morgan fingerprint density at radius 2 is 1.38 bits per heavy atom. The van der Waals surface area contributed by atoms with Crippen LogP contribution in [0.2, 0.25) is 0 Å². The Bertz CT molecular complexity index is 904. The Morgan fingerprint density at radius 1 is 0.828 bits per heavy atom. The number of esters is 3. The van der Waals surface area contributed by atoms with E-state index in [2.05, 4.69) is 25.4 Å². The van der Waals surface area contributed by atoms with Gasteiger partial charge in [-0.05, 0) is 53.2 Å². The average molecular weight is 467 g/mol. The van der Waals surface area contributed by atoms with Gasteiger partial charge in [-0.1, -0.05) is 0 Å². The summed E-state index contributed by atoms with van der Waals surface area (Å²) in [4.78, 5) is 36.4. The van der Waals surface area contributed by atoms with E-state index in [4.69, 9.17) is 14.2 Å². The summed E-state index contributed by atoms with van der Waals surface area (Å²) in [6, 6.07) is 6.84. The molecule has 2 aromatic carbocycles. The third-order valence-corrected chi connectivity index (χ3v) is 4.30. The molecule has 2 aromatic rings. The highest BCUT2D eigenvalue weighted by Crippen LogP contribution is 2.37. The predicted octanol–water partition coefficient (Wildman–Crippen LogP) is 3.65. The highest BCUT2D eigenvalue weighted by Gasteiger charge is 2.19. The van der Waals surface area contributed by atoms with E-state index in [0.29, 0.717) is 22.6 Å². The van der Waals surface area contributed by atoms with Crippen LogP contribution in [0.4, 0.5) is 0 Å². The molecule has 0 saturated carbocycles. The average Bonchev–Trinajstić information content (AvgIpc) is 2.73. The third kappa shape index (κ3) is 5.26. The van der Waals surface area contributed by atoms with Crippen LogP contribution in [0.25, 0.3) is 0 Å². The molecule has 0 atom stereocenters. The summed E-state index contributed by atoms with van der Waals surface area (Å²) in [5.41, 5.74) is 0.229. The zero-order chi connectivity index (χ0) is 21.6. The highest BCUT2D eigenvalue weighted by atomic mass is 79.9. The van der Waals surface area contributed by atoms with Crippen molar-refractivity contribution < 1.29 is 38.1 Å². The molecule has 0 aromatic heterocycles. The van der Waals surface area contributed by atoms with E-state index >= 15 is 0 Å². The van der Waals surface area contributed by atoms with Crippen LogP contribution >= 0.6 is 15.9 Å². The van der Waals surface area contributed by atoms with Crippen LogP contribution in [0, 0.1) is 0 Å². The van der Waals surface area contributed by atoms with Crippen LogP contribution in [0.5, 0.6) is 17.2 Å². The number of benzene rings is 2. The fraction of sp³-hybridized carbons (Fsp3) is 0.250. The van der Waals surface area contributed by atoms with Gasteiger partial charge in [0, 0.05) is 0 Å². The predicted molar refractivity (Wildman–Crippen MR) is 106 cm³/mol. The van der Waals surface area contributed by atoms with Crippen molar-refractivity contribution >= 4 is 33.8 Å². The molecule has 0 N–H and O–H groups in total. The van der Waals surface area contributed by atoms with Crippen LogP contribution in [-0.2, 0) is 9.47 Å². The molecule has 0 aliphatic heterocycles. The molecule has 0 aliphatic carbocycles. The Hall–Kier alpha value is -3.07. The normalized spacial score (nSPS) is 10.1. The highest BCUT2D eigenvalue weighted by molar-refractivity contribution is 9.10. The van der Waals surface area contributed by atoms with E-state index in [1.807, 2.05) is 6.92 Å². The van der Waals surface area contributed by atoms with Crippen molar-refractivity contribution in [2.45, 2.75) is 6.92 Å². The molecule has 29 heavy (non-hydrogen) atoms. The number of hydrogen-bond acceptors (Lipinski definition) is 8. The van der Waals surface area contributed by atoms with Gasteiger partial charge in [0.1, 0.15) is 5.75 Å². The van der Waals surface area contributed by atoms with Crippen LogP contribution < -0.4 is 14.2 Å². The number of halogens is 1. The zero-order valence-electron chi connectivity index (χ0n) is 16.2. The molecule has 0 bridgehead atoms. The first kappa shape index (κ1) is 22.2. The lowest BCUT2D eigenvalue weighted by Crippen LogP contribution is -2.12. The molecule has 0 fully saturated rings. The Morgan fingerprint density at radius 3 is 1.86 bits per heavy atom. The largest absolute Gasteiger partial charge is 0.493 e. The van der Waals surface area contributed by atoms with Gasteiger partial charge in [0.25, 0.3) is 0 Å². The van der Waals surface area contributed by atoms with Crippen molar-refractivity contribution in [3.63, 3.8) is 0 Å². The monoisotopic (exact) mass is 466 g/mol. The van der Waals surface area contributed by atoms with Crippen LogP contribution in [0.1, 0.15) is 38.0 Å². The van der Waals surface area contributed by atoms with Gasteiger partial charge in [-0.3, -0.25) is 0 Å². The minimum atomic E-state index is -0.732. The van der Waals surface area contributed by atoms with Crippen LogP contribution in [0.15, 0.2) is 34.8 Å². The Balaban J connectivity index is 2.40. The third-order valence-electron chi connectivity index (χ3n) is 3.71. The molecule has 0 spiro atoms. The molecule has 9 heteroatoms. The summed E-state index contributed by atoms with van der Waals surface area (Å²) in [5, 5.41) is 0. The van der Waals surface area contributed by atoms with Crippen molar-refractivity contribution in [3.05, 3.63) is 51.5 Å². The number of methoxy groups -OCH3 is 3. The summed E-state index contributed by atoms with van der Waals surface area (Å²) in [5.74, 6) is -1.36. The number of carbonyl (C=O) groups is 3. The van der Waals surface area contributed by atoms with E-state index < -0.39 is 17.9 Å². The van der Waals surface area contributed by atoms with Gasteiger partial charge in [0.15, 0.2) is 11.5 Å². The van der Waals surface area contributed by atoms with E-state index in [-0.39, 0.29) is 22.4 Å². The van der Waals surface area contributed by atoms with Crippen molar-refractivity contribution in [1.29, 1.82) is 0 Å². The molecular formula is C20H19BrO8. The van der Waals surface area contributed by atoms with Crippen molar-refractivity contribution in [3.8, 4) is 17.2 Å². The van der Waals surface area contributed by atoms with Gasteiger partial charge in [-0.2, -0.15) is 0 Å². The van der Waals surface area contributed by atoms with Gasteiger partial charge < -0.3 is 23.7 Å². The first-order chi connectivity index (χ1) is 13.8. The molecule has 0 saturated heterocycles. The van der Waals surface area contributed by atoms with Gasteiger partial charge >= 0.3 is 17.9 Å². The van der Waals surface area contributed by atoms with Gasteiger partial charge in [0.2, 0.25) is 0 Å². The number of hydrogen-bond donors (Lipinski definition) is 0. The molecular weight excluding hydrogens is 448 g/mol. The van der Waals surface area contributed by atoms with E-state index in [1.54, 1.807) is 0 Å². The second-order valence-electron chi connectivity index (χ2n) is 5.54. The molecule has 2 rings (SSSR count). The number of carbonyl (C=O) groups excluding carboxylic acids is 3. The molecule has 0 radical (unpaired) electrons. The molecule has 0 amide bonds. The van der Waals surface area contributed by atoms with Gasteiger partial charge in [0.05, 0.1) is 49.1 Å². The lowest BCUT2D eigenvalue weighted by atomic mass is 10.1. The van der Waals surface area contributed by atoms with E-state index in [1.165, 1.54) is 51.7 Å². The second-order valence-corrected chi connectivity index (χ2v) is 6.40. The quantitative estimate of drug-likeness (QED) is 0.450. The maximum absolute atomic E-state index is 12.6. The lowest BCUT2D eigenvalue weighted by molar-refractivity contribution is 0.0593. The van der Waals surface area contributed by atoms with Crippen LogP contribution in [0.3, 0.4) is 0 Å². The van der Waals surface area contributed by atoms with E-state index in [0.717, 1.165) is 0 Å². The van der Waals surface area contributed by atoms with Crippen molar-refractivity contribution in [2.24, 2.45) is 0 Å². The first-order valence-electron chi connectivity index (χ1n) is 8.38. The second kappa shape index (κ2) is 9.92. The molecule has 0 aliphatic rings. The first-order valence-corrected chi connectivity index (χ1v) is 9.18. The number of rotatable bonds is 7. The molecule has 0 heterocycles. The van der Waals surface area contributed by atoms with Crippen LogP contribution in [-0.4, -0.2) is 45.8 Å². The minimum Gasteiger partial charge on any atom is -0.493 e. The van der Waals surface area contributed by atoms with Crippen molar-refractivity contribution in [2.75, 3.05) is 27.9 Å². The maximum atomic E-state index is 12.6. The SMILES string of the molecule is CCOc1c(Br)cc(C(=O)Oc2cc(C(=O)OC)cc(C(=O)OC)c2)cc1OC. The lowest BCUT2D eigenvalue weighted by Gasteiger charge is -2.13. The molecule has 8 nitrogen and oxygen atoms in total. The maximum Gasteiger partial charge on any atom is 0.343 e. The van der Waals surface area contributed by atoms with E-state index in [9.17, 15) is 14.4 Å².